The maximum atomic E-state index is 12.6. The molecule has 24 heavy (non-hydrogen) atoms. The summed E-state index contributed by atoms with van der Waals surface area (Å²) in [4.78, 5) is 38.1. The molecule has 2 aliphatic rings. The van der Waals surface area contributed by atoms with Crippen molar-refractivity contribution >= 4 is 55.4 Å². The number of rotatable bonds is 3. The number of carbonyl (C=O) groups is 3. The lowest BCUT2D eigenvalue weighted by Gasteiger charge is -2.30. The van der Waals surface area contributed by atoms with Crippen LogP contribution in [0.15, 0.2) is 27.1 Å². The van der Waals surface area contributed by atoms with Gasteiger partial charge in [0.05, 0.1) is 5.69 Å². The summed E-state index contributed by atoms with van der Waals surface area (Å²) in [6.45, 7) is -0.283. The zero-order chi connectivity index (χ0) is 17.3. The van der Waals surface area contributed by atoms with Gasteiger partial charge in [-0.15, -0.1) is 0 Å². The monoisotopic (exact) mass is 457 g/mol. The summed E-state index contributed by atoms with van der Waals surface area (Å²) < 4.78 is 1.59. The summed E-state index contributed by atoms with van der Waals surface area (Å²) in [6.07, 6.45) is 4.20. The van der Waals surface area contributed by atoms with Crippen molar-refractivity contribution in [2.45, 2.75) is 37.6 Å². The molecule has 0 unspecified atom stereocenters. The molecule has 0 atom stereocenters. The quantitative estimate of drug-likeness (QED) is 0.681. The van der Waals surface area contributed by atoms with Gasteiger partial charge in [-0.2, -0.15) is 0 Å². The van der Waals surface area contributed by atoms with E-state index >= 15 is 0 Å². The molecule has 1 saturated carbocycles. The number of halogens is 2. The number of amides is 4. The van der Waals surface area contributed by atoms with Gasteiger partial charge in [0.1, 0.15) is 12.1 Å². The Balaban J connectivity index is 1.68. The number of carbonyl (C=O) groups excluding carboxylic acids is 3. The number of anilines is 1. The lowest BCUT2D eigenvalue weighted by molar-refractivity contribution is -0.134. The second kappa shape index (κ2) is 6.84. The minimum absolute atomic E-state index is 0.280. The summed E-state index contributed by atoms with van der Waals surface area (Å²) in [5.41, 5.74) is -0.212. The topological polar surface area (TPSA) is 78.5 Å². The number of hydrogen-bond donors (Lipinski definition) is 2. The molecule has 2 fully saturated rings. The molecule has 0 bridgehead atoms. The number of benzene rings is 1. The van der Waals surface area contributed by atoms with E-state index in [1.807, 2.05) is 0 Å². The molecule has 2 N–H and O–H groups in total. The number of imide groups is 1. The zero-order valence-electron chi connectivity index (χ0n) is 12.9. The van der Waals surface area contributed by atoms with Crippen LogP contribution in [0, 0.1) is 0 Å². The molecule has 1 heterocycles. The van der Waals surface area contributed by atoms with Crippen LogP contribution >= 0.6 is 31.9 Å². The molecule has 4 amide bonds. The molecule has 1 aromatic carbocycles. The van der Waals surface area contributed by atoms with Crippen LogP contribution in [0.2, 0.25) is 0 Å². The summed E-state index contributed by atoms with van der Waals surface area (Å²) >= 11 is 6.71. The highest BCUT2D eigenvalue weighted by molar-refractivity contribution is 9.11. The first-order valence-corrected chi connectivity index (χ1v) is 9.39. The third kappa shape index (κ3) is 3.35. The maximum absolute atomic E-state index is 12.6. The van der Waals surface area contributed by atoms with E-state index in [1.54, 1.807) is 18.2 Å². The van der Waals surface area contributed by atoms with Crippen LogP contribution in [0.25, 0.3) is 0 Å². The van der Waals surface area contributed by atoms with Gasteiger partial charge >= 0.3 is 6.03 Å². The van der Waals surface area contributed by atoms with Crippen LogP contribution < -0.4 is 10.6 Å². The largest absolute Gasteiger partial charge is 0.325 e. The van der Waals surface area contributed by atoms with E-state index in [0.29, 0.717) is 23.0 Å². The first-order chi connectivity index (χ1) is 11.4. The fraction of sp³-hybridized carbons (Fsp3) is 0.438. The first kappa shape index (κ1) is 17.4. The van der Waals surface area contributed by atoms with E-state index in [4.69, 9.17) is 0 Å². The standard InChI is InChI=1S/C16H17Br2N3O3/c17-10-4-5-12(11(18)8-10)19-13(22)9-21-14(23)16(20-15(21)24)6-2-1-3-7-16/h4-5,8H,1-3,6-7,9H2,(H,19,22)(H,20,24). The van der Waals surface area contributed by atoms with Crippen LogP contribution in [0.4, 0.5) is 10.5 Å². The van der Waals surface area contributed by atoms with Crippen molar-refractivity contribution < 1.29 is 14.4 Å². The van der Waals surface area contributed by atoms with Crippen molar-refractivity contribution in [2.75, 3.05) is 11.9 Å². The van der Waals surface area contributed by atoms with Crippen LogP contribution in [0.5, 0.6) is 0 Å². The SMILES string of the molecule is O=C(CN1C(=O)NC2(CCCCC2)C1=O)Nc1ccc(Br)cc1Br. The Morgan fingerprint density at radius 2 is 1.92 bits per heavy atom. The minimum Gasteiger partial charge on any atom is -0.323 e. The first-order valence-electron chi connectivity index (χ1n) is 7.80. The number of hydrogen-bond acceptors (Lipinski definition) is 3. The Morgan fingerprint density at radius 3 is 2.58 bits per heavy atom. The number of nitrogens with one attached hydrogen (secondary N) is 2. The Kier molecular flexibility index (Phi) is 4.96. The Morgan fingerprint density at radius 1 is 1.21 bits per heavy atom. The molecule has 128 valence electrons. The minimum atomic E-state index is -0.798. The lowest BCUT2D eigenvalue weighted by Crippen LogP contribution is -2.48. The second-order valence-electron chi connectivity index (χ2n) is 6.14. The van der Waals surface area contributed by atoms with E-state index < -0.39 is 17.5 Å². The van der Waals surface area contributed by atoms with Crippen LogP contribution in [0.1, 0.15) is 32.1 Å². The Hall–Kier alpha value is -1.41. The van der Waals surface area contributed by atoms with E-state index in [9.17, 15) is 14.4 Å². The Bertz CT molecular complexity index is 702. The molecule has 1 aliphatic carbocycles. The van der Waals surface area contributed by atoms with Gasteiger partial charge in [0.15, 0.2) is 0 Å². The van der Waals surface area contributed by atoms with Crippen molar-refractivity contribution in [2.24, 2.45) is 0 Å². The van der Waals surface area contributed by atoms with Crippen LogP contribution in [-0.2, 0) is 9.59 Å². The number of urea groups is 1. The van der Waals surface area contributed by atoms with E-state index in [0.717, 1.165) is 28.6 Å². The van der Waals surface area contributed by atoms with Crippen molar-refractivity contribution in [3.8, 4) is 0 Å². The highest BCUT2D eigenvalue weighted by atomic mass is 79.9. The van der Waals surface area contributed by atoms with Gasteiger partial charge in [0.25, 0.3) is 5.91 Å². The van der Waals surface area contributed by atoms with E-state index in [-0.39, 0.29) is 12.5 Å². The second-order valence-corrected chi connectivity index (χ2v) is 7.91. The van der Waals surface area contributed by atoms with Gasteiger partial charge in [0.2, 0.25) is 5.91 Å². The summed E-state index contributed by atoms with van der Waals surface area (Å²) in [7, 11) is 0. The third-order valence-corrected chi connectivity index (χ3v) is 5.61. The zero-order valence-corrected chi connectivity index (χ0v) is 16.1. The molecule has 1 aromatic rings. The van der Waals surface area contributed by atoms with Gasteiger partial charge in [0, 0.05) is 8.95 Å². The molecular weight excluding hydrogens is 442 g/mol. The fourth-order valence-electron chi connectivity index (χ4n) is 3.24. The average molecular weight is 459 g/mol. The van der Waals surface area contributed by atoms with E-state index in [1.165, 1.54) is 0 Å². The van der Waals surface area contributed by atoms with Crippen molar-refractivity contribution in [1.82, 2.24) is 10.2 Å². The molecule has 1 saturated heterocycles. The molecular formula is C16H17Br2N3O3. The van der Waals surface area contributed by atoms with E-state index in [2.05, 4.69) is 42.5 Å². The van der Waals surface area contributed by atoms with Crippen molar-refractivity contribution in [1.29, 1.82) is 0 Å². The molecule has 0 radical (unpaired) electrons. The fourth-order valence-corrected chi connectivity index (χ4v) is 4.38. The number of nitrogens with zero attached hydrogens (tertiary/aromatic N) is 1. The summed E-state index contributed by atoms with van der Waals surface area (Å²) in [6, 6.07) is 4.86. The van der Waals surface area contributed by atoms with Gasteiger partial charge in [-0.25, -0.2) is 4.79 Å². The molecule has 0 aromatic heterocycles. The van der Waals surface area contributed by atoms with Crippen molar-refractivity contribution in [3.05, 3.63) is 27.1 Å². The van der Waals surface area contributed by atoms with Crippen LogP contribution in [-0.4, -0.2) is 34.8 Å². The van der Waals surface area contributed by atoms with Gasteiger partial charge in [-0.05, 0) is 47.0 Å². The van der Waals surface area contributed by atoms with Crippen molar-refractivity contribution in [3.63, 3.8) is 0 Å². The molecule has 1 aliphatic heterocycles. The molecule has 6 nitrogen and oxygen atoms in total. The van der Waals surface area contributed by atoms with Gasteiger partial charge in [-0.3, -0.25) is 14.5 Å². The predicted octanol–water partition coefficient (Wildman–Crippen LogP) is 3.40. The predicted molar refractivity (Wildman–Crippen MR) is 96.5 cm³/mol. The molecule has 8 heteroatoms. The highest BCUT2D eigenvalue weighted by Gasteiger charge is 2.51. The molecule has 1 spiro atoms. The maximum Gasteiger partial charge on any atom is 0.325 e. The van der Waals surface area contributed by atoms with Gasteiger partial charge in [-0.1, -0.05) is 35.2 Å². The van der Waals surface area contributed by atoms with Crippen LogP contribution in [0.3, 0.4) is 0 Å². The lowest BCUT2D eigenvalue weighted by atomic mass is 9.82. The van der Waals surface area contributed by atoms with Gasteiger partial charge < -0.3 is 10.6 Å². The average Bonchev–Trinajstić information content (AvgIpc) is 2.75. The summed E-state index contributed by atoms with van der Waals surface area (Å²) in [5, 5.41) is 5.52. The summed E-state index contributed by atoms with van der Waals surface area (Å²) in [5.74, 6) is -0.688. The molecule has 3 rings (SSSR count). The highest BCUT2D eigenvalue weighted by Crippen LogP contribution is 2.33. The Labute approximate surface area is 156 Å². The smallest absolute Gasteiger partial charge is 0.323 e. The normalized spacial score (nSPS) is 19.5. The third-order valence-electron chi connectivity index (χ3n) is 4.46.